The van der Waals surface area contributed by atoms with Gasteiger partial charge in [0.2, 0.25) is 0 Å². The van der Waals surface area contributed by atoms with Gasteiger partial charge in [0.25, 0.3) is 0 Å². The van der Waals surface area contributed by atoms with Crippen molar-refractivity contribution in [3.8, 4) is 11.1 Å². The number of benzene rings is 4. The second-order valence-electron chi connectivity index (χ2n) is 7.61. The quantitative estimate of drug-likeness (QED) is 0.230. The second-order valence-corrected chi connectivity index (χ2v) is 7.61. The van der Waals surface area contributed by atoms with Crippen LogP contribution < -0.4 is 4.90 Å². The van der Waals surface area contributed by atoms with E-state index in [9.17, 15) is 4.79 Å². The van der Waals surface area contributed by atoms with E-state index in [0.717, 1.165) is 22.6 Å². The molecule has 0 aromatic heterocycles. The molecule has 0 unspecified atom stereocenters. The molecule has 32 heavy (non-hydrogen) atoms. The highest BCUT2D eigenvalue weighted by Crippen LogP contribution is 2.35. The molecule has 3 nitrogen and oxygen atoms in total. The Morgan fingerprint density at radius 2 is 1.16 bits per heavy atom. The summed E-state index contributed by atoms with van der Waals surface area (Å²) in [5, 5.41) is 0. The molecule has 0 amide bonds. The van der Waals surface area contributed by atoms with Crippen LogP contribution in [0.25, 0.3) is 11.1 Å². The minimum Gasteiger partial charge on any atom is -0.457 e. The molecule has 0 saturated carbocycles. The van der Waals surface area contributed by atoms with Gasteiger partial charge in [-0.05, 0) is 60.0 Å². The largest absolute Gasteiger partial charge is 0.457 e. The maximum absolute atomic E-state index is 11.7. The van der Waals surface area contributed by atoms with Crippen LogP contribution in [0, 0.1) is 0 Å². The van der Waals surface area contributed by atoms with Gasteiger partial charge in [0.1, 0.15) is 6.61 Å². The number of ether oxygens (including phenoxy) is 1. The van der Waals surface area contributed by atoms with Gasteiger partial charge in [-0.15, -0.1) is 0 Å². The number of hydrogen-bond donors (Lipinski definition) is 0. The monoisotopic (exact) mass is 419 g/mol. The second kappa shape index (κ2) is 9.80. The third kappa shape index (κ3) is 4.96. The third-order valence-electron chi connectivity index (χ3n) is 5.16. The molecule has 4 rings (SSSR count). The Hall–Kier alpha value is -4.11. The van der Waals surface area contributed by atoms with E-state index in [-0.39, 0.29) is 12.6 Å². The molecule has 0 bridgehead atoms. The number of nitrogens with zero attached hydrogens (tertiary/aromatic N) is 1. The molecule has 3 heteroatoms. The van der Waals surface area contributed by atoms with Gasteiger partial charge in [0.05, 0.1) is 0 Å². The number of esters is 1. The Morgan fingerprint density at radius 3 is 1.72 bits per heavy atom. The molecule has 0 N–H and O–H groups in total. The lowest BCUT2D eigenvalue weighted by Crippen LogP contribution is -2.10. The predicted octanol–water partition coefficient (Wildman–Crippen LogP) is 7.44. The summed E-state index contributed by atoms with van der Waals surface area (Å²) < 4.78 is 5.26. The predicted molar refractivity (Wildman–Crippen MR) is 131 cm³/mol. The minimum atomic E-state index is -0.376. The van der Waals surface area contributed by atoms with Crippen LogP contribution in [0.5, 0.6) is 0 Å². The number of para-hydroxylation sites is 1. The van der Waals surface area contributed by atoms with E-state index >= 15 is 0 Å². The van der Waals surface area contributed by atoms with Crippen molar-refractivity contribution in [3.63, 3.8) is 0 Å². The highest BCUT2D eigenvalue weighted by atomic mass is 16.5. The van der Waals surface area contributed by atoms with Gasteiger partial charge >= 0.3 is 5.97 Å². The Kier molecular flexibility index (Phi) is 6.47. The zero-order valence-electron chi connectivity index (χ0n) is 18.1. The molecule has 0 spiro atoms. The fraction of sp³-hybridized carbons (Fsp3) is 0.0690. The first-order chi connectivity index (χ1) is 15.6. The van der Waals surface area contributed by atoms with Crippen molar-refractivity contribution in [2.75, 3.05) is 4.90 Å². The molecule has 4 aromatic carbocycles. The van der Waals surface area contributed by atoms with Crippen molar-refractivity contribution in [2.45, 2.75) is 13.5 Å². The lowest BCUT2D eigenvalue weighted by molar-refractivity contribution is -0.140. The minimum absolute atomic E-state index is 0.225. The van der Waals surface area contributed by atoms with E-state index in [2.05, 4.69) is 72.1 Å². The van der Waals surface area contributed by atoms with E-state index in [1.807, 2.05) is 48.5 Å². The van der Waals surface area contributed by atoms with Crippen LogP contribution in [0.3, 0.4) is 0 Å². The normalized spacial score (nSPS) is 10.4. The van der Waals surface area contributed by atoms with Gasteiger partial charge in [-0.25, -0.2) is 4.79 Å². The zero-order chi connectivity index (χ0) is 22.3. The standard InChI is InChI=1S/C29H25NO2/c1-22(2)29(31)32-21-23-13-17-27(18-14-23)30(26-11-7-4-8-12-26)28-19-15-25(16-20-28)24-9-5-3-6-10-24/h3-20H,1,21H2,2H3. The van der Waals surface area contributed by atoms with Crippen molar-refractivity contribution >= 4 is 23.0 Å². The first-order valence-corrected chi connectivity index (χ1v) is 10.5. The van der Waals surface area contributed by atoms with Crippen LogP contribution in [0.1, 0.15) is 12.5 Å². The van der Waals surface area contributed by atoms with Crippen LogP contribution in [-0.4, -0.2) is 5.97 Å². The van der Waals surface area contributed by atoms with Crippen molar-refractivity contribution in [3.05, 3.63) is 127 Å². The smallest absolute Gasteiger partial charge is 0.333 e. The number of anilines is 3. The third-order valence-corrected chi connectivity index (χ3v) is 5.16. The molecule has 4 aromatic rings. The molecular formula is C29H25NO2. The maximum atomic E-state index is 11.7. The van der Waals surface area contributed by atoms with Gasteiger partial charge in [0, 0.05) is 22.6 Å². The van der Waals surface area contributed by atoms with E-state index in [1.165, 1.54) is 11.1 Å². The van der Waals surface area contributed by atoms with Crippen LogP contribution in [0.4, 0.5) is 17.1 Å². The van der Waals surface area contributed by atoms with Gasteiger partial charge in [0.15, 0.2) is 0 Å². The van der Waals surface area contributed by atoms with Gasteiger partial charge in [-0.1, -0.05) is 79.4 Å². The Morgan fingerprint density at radius 1 is 0.688 bits per heavy atom. The Labute approximate surface area is 189 Å². The first-order valence-electron chi connectivity index (χ1n) is 10.5. The number of rotatable bonds is 7. The number of hydrogen-bond acceptors (Lipinski definition) is 3. The molecule has 0 saturated heterocycles. The van der Waals surface area contributed by atoms with Crippen molar-refractivity contribution in [2.24, 2.45) is 0 Å². The molecule has 0 heterocycles. The van der Waals surface area contributed by atoms with E-state index in [0.29, 0.717) is 5.57 Å². The van der Waals surface area contributed by atoms with Gasteiger partial charge < -0.3 is 9.64 Å². The van der Waals surface area contributed by atoms with Crippen LogP contribution in [-0.2, 0) is 16.1 Å². The molecule has 0 atom stereocenters. The lowest BCUT2D eigenvalue weighted by atomic mass is 10.0. The summed E-state index contributed by atoms with van der Waals surface area (Å²) in [6.07, 6.45) is 0. The van der Waals surface area contributed by atoms with Gasteiger partial charge in [-0.2, -0.15) is 0 Å². The number of carbonyl (C=O) groups is 1. The van der Waals surface area contributed by atoms with Crippen molar-refractivity contribution in [1.82, 2.24) is 0 Å². The van der Waals surface area contributed by atoms with E-state index < -0.39 is 0 Å². The number of carbonyl (C=O) groups excluding carboxylic acids is 1. The Balaban J connectivity index is 1.62. The fourth-order valence-electron chi connectivity index (χ4n) is 3.47. The highest BCUT2D eigenvalue weighted by Gasteiger charge is 2.13. The fourth-order valence-corrected chi connectivity index (χ4v) is 3.47. The average molecular weight is 420 g/mol. The highest BCUT2D eigenvalue weighted by molar-refractivity contribution is 5.87. The molecule has 0 fully saturated rings. The summed E-state index contributed by atoms with van der Waals surface area (Å²) >= 11 is 0. The van der Waals surface area contributed by atoms with E-state index in [1.54, 1.807) is 6.92 Å². The van der Waals surface area contributed by atoms with Crippen LogP contribution in [0.15, 0.2) is 121 Å². The van der Waals surface area contributed by atoms with E-state index in [4.69, 9.17) is 4.74 Å². The van der Waals surface area contributed by atoms with Crippen LogP contribution >= 0.6 is 0 Å². The molecule has 0 aliphatic rings. The molecule has 0 aliphatic heterocycles. The van der Waals surface area contributed by atoms with Gasteiger partial charge in [-0.3, -0.25) is 0 Å². The SMILES string of the molecule is C=C(C)C(=O)OCc1ccc(N(c2ccccc2)c2ccc(-c3ccccc3)cc2)cc1. The first kappa shape index (κ1) is 21.1. The summed E-state index contributed by atoms with van der Waals surface area (Å²) in [7, 11) is 0. The average Bonchev–Trinajstić information content (AvgIpc) is 2.85. The molecule has 158 valence electrons. The van der Waals surface area contributed by atoms with Crippen LogP contribution in [0.2, 0.25) is 0 Å². The topological polar surface area (TPSA) is 29.5 Å². The van der Waals surface area contributed by atoms with Crippen molar-refractivity contribution < 1.29 is 9.53 Å². The summed E-state index contributed by atoms with van der Waals surface area (Å²) in [5.41, 5.74) is 6.86. The lowest BCUT2D eigenvalue weighted by Gasteiger charge is -2.26. The summed E-state index contributed by atoms with van der Waals surface area (Å²) in [6.45, 7) is 5.49. The maximum Gasteiger partial charge on any atom is 0.333 e. The van der Waals surface area contributed by atoms with Crippen molar-refractivity contribution in [1.29, 1.82) is 0 Å². The molecular weight excluding hydrogens is 394 g/mol. The molecule has 0 radical (unpaired) electrons. The Bertz CT molecular complexity index is 1180. The zero-order valence-corrected chi connectivity index (χ0v) is 18.1. The molecule has 0 aliphatic carbocycles. The summed E-state index contributed by atoms with van der Waals surface area (Å²) in [4.78, 5) is 13.9. The summed E-state index contributed by atoms with van der Waals surface area (Å²) in [6, 6.07) is 37.2. The summed E-state index contributed by atoms with van der Waals surface area (Å²) in [5.74, 6) is -0.376.